The SMILES string of the molecule is COC(=O)NC(C(=O)N1CCCC1c1ncc(C#Cc2nc3sc(-c4cnc(C5CCCN5C(=O)C(NC(=O)OC)C(C)C)[nH]4)nc3s2)[nH]1)C(C)C. The van der Waals surface area contributed by atoms with Crippen LogP contribution in [0.25, 0.3) is 20.4 Å². The standard InChI is InChI=1S/C34H42N10O6S2/c1-17(2)24(40-33(47)49-5)31(45)43-13-7-9-21(43)26-35-15-19(37-26)11-12-23-39-29-30(51-23)42-28(52-29)20-16-36-27(38-20)22-10-8-14-44(22)32(46)25(18(3)4)41-34(48)50-6/h15-18,21-22,24-25H,7-10,13-14H2,1-6H3,(H,35,37)(H,36,38)(H,40,47)(H,41,48). The minimum Gasteiger partial charge on any atom is -0.453 e. The molecule has 4 atom stereocenters. The van der Waals surface area contributed by atoms with E-state index in [9.17, 15) is 19.2 Å². The predicted octanol–water partition coefficient (Wildman–Crippen LogP) is 4.35. The van der Waals surface area contributed by atoms with Crippen LogP contribution in [0.3, 0.4) is 0 Å². The Kier molecular flexibility index (Phi) is 11.1. The van der Waals surface area contributed by atoms with Crippen molar-refractivity contribution in [1.82, 2.24) is 50.3 Å². The number of hydrogen-bond acceptors (Lipinski definition) is 12. The van der Waals surface area contributed by atoms with Gasteiger partial charge in [0.15, 0.2) is 14.7 Å². The van der Waals surface area contributed by atoms with E-state index in [1.807, 2.05) is 27.7 Å². The van der Waals surface area contributed by atoms with Gasteiger partial charge in [-0.15, -0.1) is 0 Å². The molecule has 0 radical (unpaired) electrons. The van der Waals surface area contributed by atoms with Gasteiger partial charge in [0, 0.05) is 13.1 Å². The van der Waals surface area contributed by atoms with Crippen LogP contribution in [0.4, 0.5) is 9.59 Å². The predicted molar refractivity (Wildman–Crippen MR) is 193 cm³/mol. The molecule has 0 spiro atoms. The lowest BCUT2D eigenvalue weighted by molar-refractivity contribution is -0.136. The number of imidazole rings is 2. The average molecular weight is 751 g/mol. The van der Waals surface area contributed by atoms with Gasteiger partial charge in [-0.25, -0.2) is 29.5 Å². The van der Waals surface area contributed by atoms with Crippen LogP contribution >= 0.6 is 22.7 Å². The van der Waals surface area contributed by atoms with E-state index < -0.39 is 24.3 Å². The number of fused-ring (bicyclic) bond motifs is 1. The van der Waals surface area contributed by atoms with E-state index in [1.54, 1.807) is 22.2 Å². The molecule has 0 aliphatic carbocycles. The summed E-state index contributed by atoms with van der Waals surface area (Å²) in [7, 11) is 2.55. The number of aromatic amines is 2. The summed E-state index contributed by atoms with van der Waals surface area (Å²) >= 11 is 2.80. The summed E-state index contributed by atoms with van der Waals surface area (Å²) in [6.07, 6.45) is 5.22. The lowest BCUT2D eigenvalue weighted by atomic mass is 10.0. The third kappa shape index (κ3) is 7.75. The van der Waals surface area contributed by atoms with Gasteiger partial charge in [0.1, 0.15) is 34.4 Å². The van der Waals surface area contributed by atoms with Crippen molar-refractivity contribution in [2.75, 3.05) is 27.3 Å². The molecule has 2 aliphatic rings. The number of rotatable bonds is 9. The first-order valence-electron chi connectivity index (χ1n) is 17.2. The smallest absolute Gasteiger partial charge is 0.407 e. The highest BCUT2D eigenvalue weighted by Crippen LogP contribution is 2.36. The number of alkyl carbamates (subject to hydrolysis) is 2. The Morgan fingerprint density at radius 1 is 0.788 bits per heavy atom. The molecule has 2 saturated heterocycles. The number of carbonyl (C=O) groups excluding carboxylic acids is 4. The Balaban J connectivity index is 1.12. The molecule has 18 heteroatoms. The summed E-state index contributed by atoms with van der Waals surface area (Å²) in [6, 6.07) is -1.91. The number of methoxy groups -OCH3 is 2. The van der Waals surface area contributed by atoms with Gasteiger partial charge in [0.25, 0.3) is 0 Å². The molecule has 2 fully saturated rings. The van der Waals surface area contributed by atoms with Crippen molar-refractivity contribution < 1.29 is 28.7 Å². The Labute approximate surface area is 308 Å². The molecule has 276 valence electrons. The molecule has 2 aliphatic heterocycles. The first-order valence-corrected chi connectivity index (χ1v) is 18.8. The van der Waals surface area contributed by atoms with Crippen LogP contribution in [-0.4, -0.2) is 103 Å². The van der Waals surface area contributed by atoms with Crippen LogP contribution in [0.15, 0.2) is 12.4 Å². The van der Waals surface area contributed by atoms with E-state index in [-0.39, 0.29) is 35.7 Å². The summed E-state index contributed by atoms with van der Waals surface area (Å²) < 4.78 is 9.46. The van der Waals surface area contributed by atoms with E-state index in [1.165, 1.54) is 36.9 Å². The quantitative estimate of drug-likeness (QED) is 0.178. The fourth-order valence-corrected chi connectivity index (χ4v) is 8.36. The third-order valence-corrected chi connectivity index (χ3v) is 11.2. The van der Waals surface area contributed by atoms with Gasteiger partial charge in [-0.2, -0.15) is 0 Å². The number of nitrogens with zero attached hydrogens (tertiary/aromatic N) is 6. The van der Waals surface area contributed by atoms with Gasteiger partial charge in [-0.1, -0.05) is 50.4 Å². The number of aromatic nitrogens is 6. The van der Waals surface area contributed by atoms with Crippen LogP contribution in [-0.2, 0) is 19.1 Å². The Hall–Kier alpha value is -5.02. The summed E-state index contributed by atoms with van der Waals surface area (Å²) in [5.41, 5.74) is 1.33. The van der Waals surface area contributed by atoms with Gasteiger partial charge in [-0.3, -0.25) is 9.59 Å². The highest BCUT2D eigenvalue weighted by molar-refractivity contribution is 7.28. The van der Waals surface area contributed by atoms with E-state index in [0.717, 1.165) is 46.0 Å². The molecule has 52 heavy (non-hydrogen) atoms. The van der Waals surface area contributed by atoms with Crippen molar-refractivity contribution in [2.24, 2.45) is 11.8 Å². The summed E-state index contributed by atoms with van der Waals surface area (Å²) in [5, 5.41) is 6.67. The lowest BCUT2D eigenvalue weighted by Gasteiger charge is -2.29. The second kappa shape index (κ2) is 15.7. The number of likely N-dealkylation sites (tertiary alicyclic amines) is 2. The molecular weight excluding hydrogens is 709 g/mol. The van der Waals surface area contributed by atoms with Crippen LogP contribution in [0.5, 0.6) is 0 Å². The van der Waals surface area contributed by atoms with Crippen LogP contribution in [0.1, 0.15) is 87.8 Å². The normalized spacial score (nSPS) is 18.4. The molecular formula is C34H42N10O6S2. The number of ether oxygens (including phenoxy) is 2. The van der Waals surface area contributed by atoms with Gasteiger partial charge in [0.2, 0.25) is 11.8 Å². The molecule has 0 aromatic carbocycles. The van der Waals surface area contributed by atoms with Crippen molar-refractivity contribution in [3.63, 3.8) is 0 Å². The zero-order valence-electron chi connectivity index (χ0n) is 29.8. The maximum atomic E-state index is 13.5. The molecule has 16 nitrogen and oxygen atoms in total. The monoisotopic (exact) mass is 750 g/mol. The molecule has 4 N–H and O–H groups in total. The van der Waals surface area contributed by atoms with Gasteiger partial charge in [0.05, 0.1) is 44.4 Å². The second-order valence-corrected chi connectivity index (χ2v) is 15.3. The minimum absolute atomic E-state index is 0.121. The highest BCUT2D eigenvalue weighted by atomic mass is 32.1. The van der Waals surface area contributed by atoms with E-state index in [0.29, 0.717) is 35.4 Å². The largest absolute Gasteiger partial charge is 0.453 e. The van der Waals surface area contributed by atoms with Crippen molar-refractivity contribution in [1.29, 1.82) is 0 Å². The first-order chi connectivity index (χ1) is 25.0. The second-order valence-electron chi connectivity index (χ2n) is 13.4. The van der Waals surface area contributed by atoms with Crippen LogP contribution in [0, 0.1) is 23.7 Å². The molecule has 4 unspecified atom stereocenters. The Bertz CT molecular complexity index is 1970. The van der Waals surface area contributed by atoms with Crippen LogP contribution < -0.4 is 10.6 Å². The summed E-state index contributed by atoms with van der Waals surface area (Å²) in [4.78, 5) is 81.0. The van der Waals surface area contributed by atoms with Crippen molar-refractivity contribution in [2.45, 2.75) is 77.5 Å². The fraction of sp³-hybridized carbons (Fsp3) is 0.529. The number of H-pyrrole nitrogens is 2. The molecule has 0 saturated carbocycles. The lowest BCUT2D eigenvalue weighted by Crippen LogP contribution is -2.51. The minimum atomic E-state index is -0.709. The van der Waals surface area contributed by atoms with Crippen molar-refractivity contribution in [3.05, 3.63) is 34.7 Å². The number of nitrogens with one attached hydrogen (secondary N) is 4. The topological polar surface area (TPSA) is 200 Å². The first kappa shape index (κ1) is 36.8. The summed E-state index contributed by atoms with van der Waals surface area (Å²) in [6.45, 7) is 8.66. The Morgan fingerprint density at radius 2 is 1.33 bits per heavy atom. The van der Waals surface area contributed by atoms with Gasteiger partial charge >= 0.3 is 12.2 Å². The molecule has 6 heterocycles. The average Bonchev–Trinajstić information content (AvgIpc) is 3.96. The molecule has 4 aromatic rings. The zero-order valence-corrected chi connectivity index (χ0v) is 31.4. The summed E-state index contributed by atoms with van der Waals surface area (Å²) in [5.74, 6) is 6.93. The molecule has 0 bridgehead atoms. The van der Waals surface area contributed by atoms with Crippen molar-refractivity contribution >= 4 is 56.3 Å². The van der Waals surface area contributed by atoms with Crippen LogP contribution in [0.2, 0.25) is 0 Å². The zero-order chi connectivity index (χ0) is 37.1. The Morgan fingerprint density at radius 3 is 1.87 bits per heavy atom. The maximum Gasteiger partial charge on any atom is 0.407 e. The van der Waals surface area contributed by atoms with Crippen molar-refractivity contribution in [3.8, 4) is 22.5 Å². The number of hydrogen-bond donors (Lipinski definition) is 4. The number of amides is 4. The number of thiazole rings is 2. The number of carbonyl (C=O) groups is 4. The fourth-order valence-electron chi connectivity index (χ4n) is 6.50. The van der Waals surface area contributed by atoms with Gasteiger partial charge < -0.3 is 39.9 Å². The maximum absolute atomic E-state index is 13.5. The van der Waals surface area contributed by atoms with E-state index >= 15 is 0 Å². The van der Waals surface area contributed by atoms with Gasteiger partial charge in [-0.05, 0) is 49.4 Å². The van der Waals surface area contributed by atoms with E-state index in [4.69, 9.17) is 14.5 Å². The molecule has 4 aromatic heterocycles. The molecule has 4 amide bonds. The van der Waals surface area contributed by atoms with E-state index in [2.05, 4.69) is 47.4 Å². The highest BCUT2D eigenvalue weighted by Gasteiger charge is 2.39. The third-order valence-electron chi connectivity index (χ3n) is 9.19. The molecule has 6 rings (SSSR count).